The summed E-state index contributed by atoms with van der Waals surface area (Å²) in [4.78, 5) is 9.66. The Bertz CT molecular complexity index is 710. The Balaban J connectivity index is 2.32. The van der Waals surface area contributed by atoms with E-state index in [1.165, 1.54) is 0 Å². The van der Waals surface area contributed by atoms with Gasteiger partial charge in [-0.1, -0.05) is 0 Å². The van der Waals surface area contributed by atoms with Gasteiger partial charge in [-0.3, -0.25) is 19.9 Å². The molecule has 100 valence electrons. The number of sulfonamides is 1. The smallest absolute Gasteiger partial charge is 0.273 e. The van der Waals surface area contributed by atoms with Crippen LogP contribution < -0.4 is 4.72 Å². The zero-order chi connectivity index (χ0) is 14.0. The molecule has 0 atom stereocenters. The van der Waals surface area contributed by atoms with Gasteiger partial charge in [-0.2, -0.15) is 5.10 Å². The van der Waals surface area contributed by atoms with Gasteiger partial charge in [-0.25, -0.2) is 8.42 Å². The molecule has 2 aromatic rings. The van der Waals surface area contributed by atoms with Crippen molar-refractivity contribution in [2.75, 3.05) is 4.72 Å². The lowest BCUT2D eigenvalue weighted by molar-refractivity contribution is -0.384. The van der Waals surface area contributed by atoms with E-state index in [4.69, 9.17) is 0 Å². The Hall–Kier alpha value is -2.62. The number of hydrogen-bond donors (Lipinski definition) is 3. The number of aromatic nitrogens is 2. The van der Waals surface area contributed by atoms with Gasteiger partial charge >= 0.3 is 0 Å². The van der Waals surface area contributed by atoms with E-state index in [0.29, 0.717) is 0 Å². The Morgan fingerprint density at radius 2 is 2.16 bits per heavy atom. The molecule has 1 heterocycles. The van der Waals surface area contributed by atoms with Gasteiger partial charge in [0.2, 0.25) is 0 Å². The fourth-order valence-electron chi connectivity index (χ4n) is 1.31. The normalized spacial score (nSPS) is 11.2. The van der Waals surface area contributed by atoms with Gasteiger partial charge in [-0.15, -0.1) is 0 Å². The number of non-ortho nitro benzene ring substituents is 1. The maximum Gasteiger partial charge on any atom is 0.273 e. The van der Waals surface area contributed by atoms with Crippen molar-refractivity contribution in [3.05, 3.63) is 40.7 Å². The Labute approximate surface area is 107 Å². The fraction of sp³-hybridized carbons (Fsp3) is 0. The summed E-state index contributed by atoms with van der Waals surface area (Å²) in [5, 5.41) is 25.9. The molecule has 2 rings (SSSR count). The van der Waals surface area contributed by atoms with Crippen molar-refractivity contribution < 1.29 is 18.4 Å². The van der Waals surface area contributed by atoms with Crippen LogP contribution in [0, 0.1) is 10.1 Å². The average molecular weight is 284 g/mol. The van der Waals surface area contributed by atoms with Crippen LogP contribution in [0.5, 0.6) is 5.75 Å². The van der Waals surface area contributed by atoms with Gasteiger partial charge in [0.1, 0.15) is 10.6 Å². The lowest BCUT2D eigenvalue weighted by Crippen LogP contribution is -2.12. The molecule has 3 N–H and O–H groups in total. The van der Waals surface area contributed by atoms with Crippen molar-refractivity contribution in [1.29, 1.82) is 0 Å². The van der Waals surface area contributed by atoms with E-state index in [1.54, 1.807) is 0 Å². The van der Waals surface area contributed by atoms with Crippen molar-refractivity contribution in [1.82, 2.24) is 10.2 Å². The molecule has 0 saturated carbocycles. The quantitative estimate of drug-likeness (QED) is 0.431. The summed E-state index contributed by atoms with van der Waals surface area (Å²) >= 11 is 0. The molecule has 0 unspecified atom stereocenters. The van der Waals surface area contributed by atoms with Gasteiger partial charge in [0.25, 0.3) is 15.7 Å². The van der Waals surface area contributed by atoms with E-state index >= 15 is 0 Å². The second kappa shape index (κ2) is 4.57. The summed E-state index contributed by atoms with van der Waals surface area (Å²) in [5.74, 6) is -0.540. The van der Waals surface area contributed by atoms with Crippen LogP contribution in [-0.2, 0) is 10.0 Å². The maximum atomic E-state index is 11.8. The minimum Gasteiger partial charge on any atom is -0.505 e. The number of nitro groups is 1. The van der Waals surface area contributed by atoms with Crippen LogP contribution in [0.4, 0.5) is 11.4 Å². The van der Waals surface area contributed by atoms with E-state index in [2.05, 4.69) is 14.9 Å². The highest BCUT2D eigenvalue weighted by molar-refractivity contribution is 7.92. The fourth-order valence-corrected chi connectivity index (χ4v) is 2.29. The molecular weight excluding hydrogens is 276 g/mol. The predicted octanol–water partition coefficient (Wildman–Crippen LogP) is 0.824. The summed E-state index contributed by atoms with van der Waals surface area (Å²) in [7, 11) is -3.90. The zero-order valence-electron chi connectivity index (χ0n) is 9.27. The summed E-state index contributed by atoms with van der Waals surface area (Å²) < 4.78 is 25.7. The molecule has 1 aromatic carbocycles. The number of anilines is 1. The molecule has 19 heavy (non-hydrogen) atoms. The predicted molar refractivity (Wildman–Crippen MR) is 64.2 cm³/mol. The van der Waals surface area contributed by atoms with Crippen molar-refractivity contribution >= 4 is 21.4 Å². The van der Waals surface area contributed by atoms with Crippen LogP contribution in [0.1, 0.15) is 0 Å². The molecule has 0 bridgehead atoms. The van der Waals surface area contributed by atoms with Crippen molar-refractivity contribution in [2.45, 2.75) is 4.90 Å². The third-order valence-corrected chi connectivity index (χ3v) is 3.55. The number of nitrogens with zero attached hydrogens (tertiary/aromatic N) is 2. The lowest BCUT2D eigenvalue weighted by Gasteiger charge is -2.07. The molecule has 0 aliphatic heterocycles. The van der Waals surface area contributed by atoms with Crippen LogP contribution in [0.3, 0.4) is 0 Å². The molecule has 0 amide bonds. The first-order valence-electron chi connectivity index (χ1n) is 4.89. The summed E-state index contributed by atoms with van der Waals surface area (Å²) in [6.07, 6.45) is 2.25. The Morgan fingerprint density at radius 3 is 2.68 bits per heavy atom. The van der Waals surface area contributed by atoms with Crippen molar-refractivity contribution in [2.24, 2.45) is 0 Å². The largest absolute Gasteiger partial charge is 0.505 e. The highest BCUT2D eigenvalue weighted by Crippen LogP contribution is 2.29. The summed E-state index contributed by atoms with van der Waals surface area (Å²) in [6, 6.07) is 3.03. The molecule has 0 aliphatic carbocycles. The average Bonchev–Trinajstić information content (AvgIpc) is 2.85. The molecule has 0 aliphatic rings. The summed E-state index contributed by atoms with van der Waals surface area (Å²) in [5.41, 5.74) is -0.504. The second-order valence-electron chi connectivity index (χ2n) is 3.50. The second-order valence-corrected chi connectivity index (χ2v) is 5.18. The minimum atomic E-state index is -3.90. The number of benzene rings is 1. The maximum absolute atomic E-state index is 11.8. The first-order valence-corrected chi connectivity index (χ1v) is 6.37. The SMILES string of the molecule is O=[N+]([O-])c1ccc(NS(=O)(=O)c2cn[nH]c2)c(O)c1. The molecule has 0 spiro atoms. The number of phenolic OH excluding ortho intramolecular Hbond substituents is 1. The van der Waals surface area contributed by atoms with Crippen LogP contribution in [0.2, 0.25) is 0 Å². The monoisotopic (exact) mass is 284 g/mol. The van der Waals surface area contributed by atoms with E-state index in [9.17, 15) is 23.6 Å². The highest BCUT2D eigenvalue weighted by atomic mass is 32.2. The number of H-pyrrole nitrogens is 1. The number of nitro benzene ring substituents is 1. The van der Waals surface area contributed by atoms with Crippen molar-refractivity contribution in [3.8, 4) is 5.75 Å². The van der Waals surface area contributed by atoms with Gasteiger partial charge in [-0.05, 0) is 6.07 Å². The van der Waals surface area contributed by atoms with Crippen LogP contribution in [0.15, 0.2) is 35.5 Å². The van der Waals surface area contributed by atoms with Gasteiger partial charge in [0.05, 0.1) is 22.9 Å². The molecule has 0 fully saturated rings. The number of hydrogen-bond acceptors (Lipinski definition) is 6. The number of aromatic amines is 1. The van der Waals surface area contributed by atoms with Gasteiger partial charge < -0.3 is 5.11 Å². The summed E-state index contributed by atoms with van der Waals surface area (Å²) in [6.45, 7) is 0. The third kappa shape index (κ3) is 2.63. The molecule has 9 nitrogen and oxygen atoms in total. The number of nitrogens with one attached hydrogen (secondary N) is 2. The first kappa shape index (κ1) is 12.8. The minimum absolute atomic E-state index is 0.120. The van der Waals surface area contributed by atoms with E-state index < -0.39 is 20.7 Å². The zero-order valence-corrected chi connectivity index (χ0v) is 10.1. The standard InChI is InChI=1S/C9H8N4O5S/c14-9-3-6(13(15)16)1-2-8(9)12-19(17,18)7-4-10-11-5-7/h1-5,12,14H,(H,10,11). The van der Waals surface area contributed by atoms with E-state index in [1.807, 2.05) is 0 Å². The molecular formula is C9H8N4O5S. The first-order chi connectivity index (χ1) is 8.90. The number of aromatic hydroxyl groups is 1. The number of rotatable bonds is 4. The van der Waals surface area contributed by atoms with Crippen LogP contribution in [-0.4, -0.2) is 28.6 Å². The Morgan fingerprint density at radius 1 is 1.42 bits per heavy atom. The van der Waals surface area contributed by atoms with Crippen LogP contribution >= 0.6 is 0 Å². The van der Waals surface area contributed by atoms with Gasteiger partial charge in [0, 0.05) is 12.3 Å². The molecule has 0 radical (unpaired) electrons. The van der Waals surface area contributed by atoms with Crippen LogP contribution in [0.25, 0.3) is 0 Å². The number of phenols is 1. The Kier molecular flexibility index (Phi) is 3.09. The van der Waals surface area contributed by atoms with E-state index in [-0.39, 0.29) is 16.3 Å². The molecule has 1 aromatic heterocycles. The third-order valence-electron chi connectivity index (χ3n) is 2.22. The van der Waals surface area contributed by atoms with E-state index in [0.717, 1.165) is 30.6 Å². The molecule has 0 saturated heterocycles. The topological polar surface area (TPSA) is 138 Å². The lowest BCUT2D eigenvalue weighted by atomic mass is 10.3. The van der Waals surface area contributed by atoms with Crippen molar-refractivity contribution in [3.63, 3.8) is 0 Å². The highest BCUT2D eigenvalue weighted by Gasteiger charge is 2.18. The molecule has 10 heteroatoms. The van der Waals surface area contributed by atoms with Gasteiger partial charge in [0.15, 0.2) is 0 Å².